The van der Waals surface area contributed by atoms with Crippen LogP contribution in [0.3, 0.4) is 0 Å². The summed E-state index contributed by atoms with van der Waals surface area (Å²) in [6, 6.07) is 0. The smallest absolute Gasteiger partial charge is 0.232 e. The van der Waals surface area contributed by atoms with Crippen molar-refractivity contribution in [1.82, 2.24) is 9.97 Å². The third-order valence-electron chi connectivity index (χ3n) is 3.09. The van der Waals surface area contributed by atoms with Crippen LogP contribution < -0.4 is 4.90 Å². The second kappa shape index (κ2) is 13.2. The quantitative estimate of drug-likeness (QED) is 0.694. The van der Waals surface area contributed by atoms with Gasteiger partial charge in [0.1, 0.15) is 0 Å². The molecule has 4 nitrogen and oxygen atoms in total. The summed E-state index contributed by atoms with van der Waals surface area (Å²) < 4.78 is 0. The van der Waals surface area contributed by atoms with Crippen LogP contribution in [0.15, 0.2) is 12.4 Å². The maximum absolute atomic E-state index is 11.9. The number of hydrogen-bond acceptors (Lipinski definition) is 3. The van der Waals surface area contributed by atoms with Gasteiger partial charge in [-0.15, -0.1) is 0 Å². The highest BCUT2D eigenvalue weighted by atomic mass is 16.2. The van der Waals surface area contributed by atoms with Crippen LogP contribution in [0, 0.1) is 0 Å². The van der Waals surface area contributed by atoms with Crippen LogP contribution in [0.2, 0.25) is 0 Å². The highest BCUT2D eigenvalue weighted by Crippen LogP contribution is 2.11. The molecule has 22 heavy (non-hydrogen) atoms. The number of aromatic nitrogens is 2. The summed E-state index contributed by atoms with van der Waals surface area (Å²) in [4.78, 5) is 22.3. The fourth-order valence-electron chi connectivity index (χ4n) is 1.84. The van der Waals surface area contributed by atoms with Gasteiger partial charge in [0.2, 0.25) is 11.9 Å². The first kappa shape index (κ1) is 20.6. The Morgan fingerprint density at radius 3 is 2.00 bits per heavy atom. The van der Waals surface area contributed by atoms with Gasteiger partial charge in [-0.05, 0) is 24.8 Å². The van der Waals surface area contributed by atoms with Crippen molar-refractivity contribution in [3.8, 4) is 0 Å². The summed E-state index contributed by atoms with van der Waals surface area (Å²) in [5.41, 5.74) is 1.14. The van der Waals surface area contributed by atoms with E-state index in [-0.39, 0.29) is 5.91 Å². The van der Waals surface area contributed by atoms with E-state index in [1.165, 1.54) is 12.8 Å². The van der Waals surface area contributed by atoms with Gasteiger partial charge in [0.15, 0.2) is 0 Å². The van der Waals surface area contributed by atoms with Crippen molar-refractivity contribution in [3.63, 3.8) is 0 Å². The van der Waals surface area contributed by atoms with Crippen molar-refractivity contribution in [1.29, 1.82) is 0 Å². The Morgan fingerprint density at radius 1 is 1.00 bits per heavy atom. The number of carbonyl (C=O) groups excluding carboxylic acids is 1. The number of aryl methyl sites for hydroxylation is 1. The van der Waals surface area contributed by atoms with E-state index in [2.05, 4.69) is 37.7 Å². The molecule has 1 heterocycles. The molecule has 0 aliphatic heterocycles. The molecule has 0 radical (unpaired) electrons. The first-order valence-corrected chi connectivity index (χ1v) is 8.75. The minimum Gasteiger partial charge on any atom is -0.281 e. The molecule has 1 aromatic heterocycles. The Balaban J connectivity index is 0.00000135. The summed E-state index contributed by atoms with van der Waals surface area (Å²) in [5, 5.41) is 0. The minimum atomic E-state index is 0.0924. The summed E-state index contributed by atoms with van der Waals surface area (Å²) >= 11 is 0. The van der Waals surface area contributed by atoms with Crippen LogP contribution in [0.25, 0.3) is 0 Å². The average molecular weight is 307 g/mol. The van der Waals surface area contributed by atoms with Gasteiger partial charge in [0, 0.05) is 25.4 Å². The van der Waals surface area contributed by atoms with E-state index in [4.69, 9.17) is 0 Å². The van der Waals surface area contributed by atoms with Gasteiger partial charge in [-0.25, -0.2) is 9.97 Å². The predicted molar refractivity (Wildman–Crippen MR) is 94.2 cm³/mol. The first-order valence-electron chi connectivity index (χ1n) is 8.75. The molecule has 1 amide bonds. The molecule has 126 valence electrons. The van der Waals surface area contributed by atoms with Crippen molar-refractivity contribution >= 4 is 11.9 Å². The van der Waals surface area contributed by atoms with Gasteiger partial charge < -0.3 is 0 Å². The molecule has 0 fully saturated rings. The van der Waals surface area contributed by atoms with Gasteiger partial charge in [-0.2, -0.15) is 0 Å². The molecule has 0 saturated carbocycles. The van der Waals surface area contributed by atoms with Crippen LogP contribution in [0.4, 0.5) is 5.95 Å². The number of amides is 1. The lowest BCUT2D eigenvalue weighted by Crippen LogP contribution is -2.32. The summed E-state index contributed by atoms with van der Waals surface area (Å²) in [6.45, 7) is 11.1. The Hall–Kier alpha value is -1.45. The normalized spacial score (nSPS) is 9.86. The van der Waals surface area contributed by atoms with E-state index in [0.717, 1.165) is 31.2 Å². The molecule has 0 unspecified atom stereocenters. The summed E-state index contributed by atoms with van der Waals surface area (Å²) in [5.74, 6) is 0.635. The second-order valence-electron chi connectivity index (χ2n) is 5.45. The lowest BCUT2D eigenvalue weighted by molar-refractivity contribution is -0.118. The molecule has 1 rings (SSSR count). The van der Waals surface area contributed by atoms with E-state index in [9.17, 15) is 4.79 Å². The van der Waals surface area contributed by atoms with Crippen molar-refractivity contribution in [2.45, 2.75) is 79.6 Å². The van der Waals surface area contributed by atoms with Crippen LogP contribution in [-0.4, -0.2) is 22.4 Å². The Bertz CT molecular complexity index is 390. The third-order valence-corrected chi connectivity index (χ3v) is 3.09. The number of nitrogens with zero attached hydrogens (tertiary/aromatic N) is 3. The number of unbranched alkanes of at least 4 members (excludes halogenated alkanes) is 2. The largest absolute Gasteiger partial charge is 0.281 e. The van der Waals surface area contributed by atoms with E-state index in [1.54, 1.807) is 4.90 Å². The molecule has 0 bridgehead atoms. The molecular formula is C18H33N3O. The van der Waals surface area contributed by atoms with Gasteiger partial charge in [0.25, 0.3) is 0 Å². The monoisotopic (exact) mass is 307 g/mol. The minimum absolute atomic E-state index is 0.0924. The lowest BCUT2D eigenvalue weighted by Gasteiger charge is -2.19. The highest BCUT2D eigenvalue weighted by molar-refractivity contribution is 5.91. The molecular weight excluding hydrogens is 274 g/mol. The van der Waals surface area contributed by atoms with Crippen molar-refractivity contribution < 1.29 is 4.79 Å². The van der Waals surface area contributed by atoms with Crippen molar-refractivity contribution in [2.24, 2.45) is 0 Å². The second-order valence-corrected chi connectivity index (χ2v) is 5.45. The predicted octanol–water partition coefficient (Wildman–Crippen LogP) is 4.78. The van der Waals surface area contributed by atoms with Crippen LogP contribution in [0.5, 0.6) is 0 Å². The SMILES string of the molecule is CCC.CCCCc1cnc(N(CCCC)C(=O)CC)nc1. The van der Waals surface area contributed by atoms with E-state index < -0.39 is 0 Å². The molecule has 0 aliphatic carbocycles. The van der Waals surface area contributed by atoms with Crippen LogP contribution in [0.1, 0.15) is 78.7 Å². The van der Waals surface area contributed by atoms with Crippen LogP contribution >= 0.6 is 0 Å². The Kier molecular flexibility index (Phi) is 12.4. The topological polar surface area (TPSA) is 46.1 Å². The number of anilines is 1. The maximum Gasteiger partial charge on any atom is 0.232 e. The van der Waals surface area contributed by atoms with Gasteiger partial charge in [0.05, 0.1) is 0 Å². The fourth-order valence-corrected chi connectivity index (χ4v) is 1.84. The maximum atomic E-state index is 11.9. The third kappa shape index (κ3) is 8.11. The summed E-state index contributed by atoms with van der Waals surface area (Å²) in [6.07, 6.45) is 10.8. The van der Waals surface area contributed by atoms with E-state index >= 15 is 0 Å². The zero-order chi connectivity index (χ0) is 16.8. The number of carbonyl (C=O) groups is 1. The van der Waals surface area contributed by atoms with Crippen LogP contribution in [-0.2, 0) is 11.2 Å². The molecule has 0 atom stereocenters. The molecule has 1 aromatic rings. The fraction of sp³-hybridized carbons (Fsp3) is 0.722. The van der Waals surface area contributed by atoms with E-state index in [0.29, 0.717) is 18.9 Å². The Morgan fingerprint density at radius 2 is 1.55 bits per heavy atom. The molecule has 0 spiro atoms. The zero-order valence-electron chi connectivity index (χ0n) is 15.1. The molecule has 0 aliphatic rings. The first-order chi connectivity index (χ1) is 10.6. The van der Waals surface area contributed by atoms with Gasteiger partial charge >= 0.3 is 0 Å². The molecule has 0 N–H and O–H groups in total. The van der Waals surface area contributed by atoms with Gasteiger partial charge in [-0.1, -0.05) is 53.9 Å². The standard InChI is InChI=1S/C15H25N3O.C3H8/c1-4-7-9-13-11-16-15(17-12-13)18(10-8-5-2)14(19)6-3;1-3-2/h11-12H,4-10H2,1-3H3;3H2,1-2H3. The lowest BCUT2D eigenvalue weighted by atomic mass is 10.2. The zero-order valence-corrected chi connectivity index (χ0v) is 15.1. The molecule has 4 heteroatoms. The number of rotatable bonds is 8. The molecule has 0 aromatic carbocycles. The summed E-state index contributed by atoms with van der Waals surface area (Å²) in [7, 11) is 0. The van der Waals surface area contributed by atoms with Crippen molar-refractivity contribution in [3.05, 3.63) is 18.0 Å². The molecule has 0 saturated heterocycles. The average Bonchev–Trinajstić information content (AvgIpc) is 2.54. The van der Waals surface area contributed by atoms with Gasteiger partial charge in [-0.3, -0.25) is 9.69 Å². The highest BCUT2D eigenvalue weighted by Gasteiger charge is 2.15. The van der Waals surface area contributed by atoms with E-state index in [1.807, 2.05) is 19.3 Å². The number of hydrogen-bond donors (Lipinski definition) is 0. The Labute approximate surface area is 136 Å². The van der Waals surface area contributed by atoms with Crippen molar-refractivity contribution in [2.75, 3.05) is 11.4 Å².